The third kappa shape index (κ3) is 4.56. The molecule has 5 rings (SSSR count). The molecule has 1 spiro atoms. The highest BCUT2D eigenvalue weighted by Crippen LogP contribution is 2.46. The number of likely N-dealkylation sites (tertiary alicyclic amines) is 1. The van der Waals surface area contributed by atoms with Crippen LogP contribution in [0.3, 0.4) is 0 Å². The van der Waals surface area contributed by atoms with E-state index >= 15 is 0 Å². The molecule has 174 valence electrons. The number of fused-ring (bicyclic) bond motifs is 1. The Labute approximate surface area is 195 Å². The van der Waals surface area contributed by atoms with E-state index in [0.29, 0.717) is 36.9 Å². The molecular weight excluding hydrogens is 416 g/mol. The van der Waals surface area contributed by atoms with E-state index in [1.54, 1.807) is 13.2 Å². The second-order valence-electron chi connectivity index (χ2n) is 9.65. The van der Waals surface area contributed by atoms with Crippen molar-refractivity contribution in [1.82, 2.24) is 10.2 Å². The van der Waals surface area contributed by atoms with Crippen LogP contribution in [0.1, 0.15) is 66.8 Å². The molecular formula is C27H32N2O4. The van der Waals surface area contributed by atoms with Crippen LogP contribution >= 0.6 is 0 Å². The van der Waals surface area contributed by atoms with Gasteiger partial charge in [0.05, 0.1) is 7.11 Å². The van der Waals surface area contributed by atoms with Gasteiger partial charge >= 0.3 is 0 Å². The molecule has 6 heteroatoms. The number of rotatable bonds is 5. The number of hydrogen-bond acceptors (Lipinski definition) is 4. The zero-order valence-corrected chi connectivity index (χ0v) is 19.2. The Hall–Kier alpha value is -3.02. The molecule has 2 aliphatic heterocycles. The van der Waals surface area contributed by atoms with E-state index in [-0.39, 0.29) is 23.3 Å². The summed E-state index contributed by atoms with van der Waals surface area (Å²) in [5.74, 6) is 1.87. The number of para-hydroxylation sites is 1. The number of carbonyl (C=O) groups excluding carboxylic acids is 2. The Kier molecular flexibility index (Phi) is 6.00. The molecule has 3 aliphatic rings. The minimum absolute atomic E-state index is 0.0244. The molecule has 1 saturated carbocycles. The summed E-state index contributed by atoms with van der Waals surface area (Å²) in [5.41, 5.74) is 1.44. The van der Waals surface area contributed by atoms with Crippen LogP contribution in [0.2, 0.25) is 0 Å². The summed E-state index contributed by atoms with van der Waals surface area (Å²) in [6, 6.07) is 15.8. The minimum Gasteiger partial charge on any atom is -0.497 e. The first-order chi connectivity index (χ1) is 16.0. The molecule has 2 amide bonds. The SMILES string of the molecule is COc1cccc(C(=O)N2CCC3(CC2)C[C@H](CC(=O)NC2CCC2)c2ccccc2O3)c1. The lowest BCUT2D eigenvalue weighted by molar-refractivity contribution is -0.123. The van der Waals surface area contributed by atoms with E-state index in [2.05, 4.69) is 11.4 Å². The van der Waals surface area contributed by atoms with Crippen LogP contribution in [0.4, 0.5) is 0 Å². The fourth-order valence-corrected chi connectivity index (χ4v) is 5.35. The number of amides is 2. The molecule has 1 N–H and O–H groups in total. The monoisotopic (exact) mass is 448 g/mol. The van der Waals surface area contributed by atoms with Gasteiger partial charge in [0.15, 0.2) is 0 Å². The molecule has 2 aromatic carbocycles. The summed E-state index contributed by atoms with van der Waals surface area (Å²) in [6.45, 7) is 1.28. The summed E-state index contributed by atoms with van der Waals surface area (Å²) in [5, 5.41) is 3.19. The molecule has 6 nitrogen and oxygen atoms in total. The number of piperidine rings is 1. The fourth-order valence-electron chi connectivity index (χ4n) is 5.35. The van der Waals surface area contributed by atoms with E-state index in [0.717, 1.165) is 43.4 Å². The zero-order valence-electron chi connectivity index (χ0n) is 19.2. The van der Waals surface area contributed by atoms with Gasteiger partial charge in [-0.25, -0.2) is 0 Å². The average Bonchev–Trinajstić information content (AvgIpc) is 2.81. The first-order valence-corrected chi connectivity index (χ1v) is 12.1. The lowest BCUT2D eigenvalue weighted by Crippen LogP contribution is -2.52. The van der Waals surface area contributed by atoms with Crippen molar-refractivity contribution in [1.29, 1.82) is 0 Å². The van der Waals surface area contributed by atoms with Crippen molar-refractivity contribution in [2.75, 3.05) is 20.2 Å². The Morgan fingerprint density at radius 2 is 1.91 bits per heavy atom. The summed E-state index contributed by atoms with van der Waals surface area (Å²) < 4.78 is 11.8. The Balaban J connectivity index is 1.28. The van der Waals surface area contributed by atoms with Gasteiger partial charge in [-0.15, -0.1) is 0 Å². The molecule has 2 heterocycles. The highest BCUT2D eigenvalue weighted by molar-refractivity contribution is 5.94. The van der Waals surface area contributed by atoms with Crippen molar-refractivity contribution in [3.05, 3.63) is 59.7 Å². The third-order valence-electron chi connectivity index (χ3n) is 7.48. The van der Waals surface area contributed by atoms with Gasteiger partial charge in [-0.3, -0.25) is 9.59 Å². The highest BCUT2D eigenvalue weighted by atomic mass is 16.5. The molecule has 1 atom stereocenters. The van der Waals surface area contributed by atoms with Crippen LogP contribution in [-0.4, -0.2) is 48.6 Å². The summed E-state index contributed by atoms with van der Waals surface area (Å²) in [6.07, 6.45) is 6.22. The number of methoxy groups -OCH3 is 1. The van der Waals surface area contributed by atoms with E-state index in [1.165, 1.54) is 6.42 Å². The molecule has 2 fully saturated rings. The van der Waals surface area contributed by atoms with Gasteiger partial charge in [-0.05, 0) is 55.5 Å². The van der Waals surface area contributed by atoms with E-state index < -0.39 is 0 Å². The zero-order chi connectivity index (χ0) is 22.8. The maximum atomic E-state index is 13.1. The van der Waals surface area contributed by atoms with Gasteiger partial charge < -0.3 is 19.7 Å². The van der Waals surface area contributed by atoms with E-state index in [1.807, 2.05) is 41.3 Å². The lowest BCUT2D eigenvalue weighted by Gasteiger charge is -2.47. The number of nitrogens with zero attached hydrogens (tertiary/aromatic N) is 1. The van der Waals surface area contributed by atoms with Gasteiger partial charge in [0.25, 0.3) is 5.91 Å². The Morgan fingerprint density at radius 1 is 1.12 bits per heavy atom. The normalized spacial score (nSPS) is 21.5. The standard InChI is InChI=1S/C27H32N2O4/c1-32-22-9-4-6-19(16-22)26(31)29-14-12-27(13-15-29)18-20(17-25(30)28-21-7-5-8-21)23-10-2-3-11-24(23)33-27/h2-4,6,9-11,16,20-21H,5,7-8,12-15,17-18H2,1H3,(H,28,30)/t20-/m0/s1. The lowest BCUT2D eigenvalue weighted by atomic mass is 9.76. The van der Waals surface area contributed by atoms with E-state index in [4.69, 9.17) is 9.47 Å². The molecule has 33 heavy (non-hydrogen) atoms. The van der Waals surface area contributed by atoms with Crippen LogP contribution in [0.5, 0.6) is 11.5 Å². The Morgan fingerprint density at radius 3 is 2.64 bits per heavy atom. The third-order valence-corrected chi connectivity index (χ3v) is 7.48. The summed E-state index contributed by atoms with van der Waals surface area (Å²) >= 11 is 0. The second-order valence-corrected chi connectivity index (χ2v) is 9.65. The van der Waals surface area contributed by atoms with Crippen LogP contribution in [0.25, 0.3) is 0 Å². The molecule has 0 unspecified atom stereocenters. The van der Waals surface area contributed by atoms with Crippen molar-refractivity contribution >= 4 is 11.8 Å². The second kappa shape index (κ2) is 9.08. The van der Waals surface area contributed by atoms with Gasteiger partial charge in [0, 0.05) is 49.9 Å². The average molecular weight is 449 g/mol. The van der Waals surface area contributed by atoms with Gasteiger partial charge in [0.2, 0.25) is 5.91 Å². The first-order valence-electron chi connectivity index (χ1n) is 12.1. The summed E-state index contributed by atoms with van der Waals surface area (Å²) in [4.78, 5) is 27.7. The van der Waals surface area contributed by atoms with Gasteiger partial charge in [-0.1, -0.05) is 24.3 Å². The Bertz CT molecular complexity index is 1020. The molecule has 0 bridgehead atoms. The van der Waals surface area contributed by atoms with Gasteiger partial charge in [0.1, 0.15) is 17.1 Å². The van der Waals surface area contributed by atoms with Gasteiger partial charge in [-0.2, -0.15) is 0 Å². The van der Waals surface area contributed by atoms with Crippen LogP contribution < -0.4 is 14.8 Å². The maximum absolute atomic E-state index is 13.1. The summed E-state index contributed by atoms with van der Waals surface area (Å²) in [7, 11) is 1.61. The van der Waals surface area contributed by atoms with Crippen LogP contribution in [0, 0.1) is 0 Å². The van der Waals surface area contributed by atoms with Crippen molar-refractivity contribution in [3.63, 3.8) is 0 Å². The van der Waals surface area contributed by atoms with Crippen molar-refractivity contribution in [3.8, 4) is 11.5 Å². The quantitative estimate of drug-likeness (QED) is 0.741. The number of ether oxygens (including phenoxy) is 2. The molecule has 0 aromatic heterocycles. The number of nitrogens with one attached hydrogen (secondary N) is 1. The first kappa shape index (κ1) is 21.8. The van der Waals surface area contributed by atoms with E-state index in [9.17, 15) is 9.59 Å². The number of carbonyl (C=O) groups is 2. The smallest absolute Gasteiger partial charge is 0.253 e. The largest absolute Gasteiger partial charge is 0.497 e. The highest BCUT2D eigenvalue weighted by Gasteiger charge is 2.44. The van der Waals surface area contributed by atoms with Crippen molar-refractivity contribution in [2.45, 2.75) is 62.5 Å². The molecule has 0 radical (unpaired) electrons. The number of hydrogen-bond donors (Lipinski definition) is 1. The molecule has 2 aromatic rings. The van der Waals surface area contributed by atoms with Crippen LogP contribution in [-0.2, 0) is 4.79 Å². The predicted octanol–water partition coefficient (Wildman–Crippen LogP) is 4.30. The minimum atomic E-state index is -0.332. The van der Waals surface area contributed by atoms with Crippen LogP contribution in [0.15, 0.2) is 48.5 Å². The molecule has 1 aliphatic carbocycles. The van der Waals surface area contributed by atoms with Crippen molar-refractivity contribution < 1.29 is 19.1 Å². The predicted molar refractivity (Wildman–Crippen MR) is 126 cm³/mol. The van der Waals surface area contributed by atoms with Crippen molar-refractivity contribution in [2.24, 2.45) is 0 Å². The fraction of sp³-hybridized carbons (Fsp3) is 0.481. The number of benzene rings is 2. The maximum Gasteiger partial charge on any atom is 0.253 e. The molecule has 1 saturated heterocycles. The topological polar surface area (TPSA) is 67.9 Å².